The third-order valence-corrected chi connectivity index (χ3v) is 7.65. The van der Waals surface area contributed by atoms with Crippen molar-refractivity contribution < 1.29 is 14.7 Å². The van der Waals surface area contributed by atoms with Crippen LogP contribution in [0.2, 0.25) is 0 Å². The Morgan fingerprint density at radius 2 is 1.05 bits per heavy atom. The van der Waals surface area contributed by atoms with Crippen molar-refractivity contribution in [3.8, 4) is 22.3 Å². The van der Waals surface area contributed by atoms with Crippen LogP contribution in [0.3, 0.4) is 0 Å². The summed E-state index contributed by atoms with van der Waals surface area (Å²) in [5.41, 5.74) is 7.61. The molecule has 1 amide bonds. The van der Waals surface area contributed by atoms with Crippen molar-refractivity contribution in [3.05, 3.63) is 156 Å². The zero-order valence-electron chi connectivity index (χ0n) is 24.0. The van der Waals surface area contributed by atoms with Gasteiger partial charge in [-0.3, -0.25) is 4.79 Å². The summed E-state index contributed by atoms with van der Waals surface area (Å²) < 4.78 is 0. The van der Waals surface area contributed by atoms with Crippen molar-refractivity contribution in [1.29, 1.82) is 0 Å². The number of rotatable bonds is 10. The first-order valence-electron chi connectivity index (χ1n) is 14.3. The number of hydrogen-bond acceptors (Lipinski definition) is 2. The Kier molecular flexibility index (Phi) is 8.93. The third kappa shape index (κ3) is 6.84. The predicted octanol–water partition coefficient (Wildman–Crippen LogP) is 8.48. The Balaban J connectivity index is 1.44. The molecule has 0 unspecified atom stereocenters. The molecule has 4 nitrogen and oxygen atoms in total. The fourth-order valence-electron chi connectivity index (χ4n) is 5.15. The zero-order valence-corrected chi connectivity index (χ0v) is 24.0. The second kappa shape index (κ2) is 13.1. The van der Waals surface area contributed by atoms with Crippen molar-refractivity contribution >= 4 is 11.9 Å². The van der Waals surface area contributed by atoms with Gasteiger partial charge < -0.3 is 10.0 Å². The van der Waals surface area contributed by atoms with Gasteiger partial charge in [0.2, 0.25) is 0 Å². The zero-order chi connectivity index (χ0) is 29.5. The number of carbonyl (C=O) groups is 2. The van der Waals surface area contributed by atoms with Gasteiger partial charge in [0.1, 0.15) is 6.04 Å². The molecule has 1 N–H and O–H groups in total. The maximum Gasteiger partial charge on any atom is 0.326 e. The highest BCUT2D eigenvalue weighted by molar-refractivity contribution is 5.97. The van der Waals surface area contributed by atoms with Crippen molar-refractivity contribution in [3.63, 3.8) is 0 Å². The van der Waals surface area contributed by atoms with E-state index in [-0.39, 0.29) is 18.9 Å². The summed E-state index contributed by atoms with van der Waals surface area (Å²) in [4.78, 5) is 28.3. The van der Waals surface area contributed by atoms with Crippen molar-refractivity contribution in [2.45, 2.75) is 38.8 Å². The number of carboxylic acid groups (broad SMARTS) is 1. The summed E-state index contributed by atoms with van der Waals surface area (Å²) in [6.07, 6.45) is 0.197. The van der Waals surface area contributed by atoms with Crippen LogP contribution in [-0.4, -0.2) is 27.9 Å². The van der Waals surface area contributed by atoms with E-state index in [2.05, 4.69) is 26.0 Å². The number of amides is 1. The molecule has 0 aliphatic carbocycles. The lowest BCUT2D eigenvalue weighted by Crippen LogP contribution is -2.46. The van der Waals surface area contributed by atoms with Gasteiger partial charge in [0.25, 0.3) is 5.91 Å². The van der Waals surface area contributed by atoms with Crippen molar-refractivity contribution in [2.24, 2.45) is 0 Å². The van der Waals surface area contributed by atoms with Crippen LogP contribution >= 0.6 is 0 Å². The molecule has 0 heterocycles. The molecule has 0 radical (unpaired) electrons. The molecule has 0 aliphatic heterocycles. The fourth-order valence-corrected chi connectivity index (χ4v) is 5.15. The van der Waals surface area contributed by atoms with Crippen molar-refractivity contribution in [2.75, 3.05) is 0 Å². The first-order chi connectivity index (χ1) is 20.4. The first kappa shape index (κ1) is 28.6. The second-order valence-electron chi connectivity index (χ2n) is 10.9. The van der Waals surface area contributed by atoms with Gasteiger partial charge in [-0.05, 0) is 57.0 Å². The normalized spacial score (nSPS) is 11.7. The summed E-state index contributed by atoms with van der Waals surface area (Å²) in [5, 5.41) is 10.4. The molecule has 0 saturated heterocycles. The molecule has 0 aromatic heterocycles. The minimum atomic E-state index is -1.04. The van der Waals surface area contributed by atoms with E-state index in [0.717, 1.165) is 33.4 Å². The van der Waals surface area contributed by atoms with Crippen LogP contribution in [0.15, 0.2) is 133 Å². The second-order valence-corrected chi connectivity index (χ2v) is 10.9. The molecule has 0 fully saturated rings. The van der Waals surface area contributed by atoms with Crippen LogP contribution in [0.4, 0.5) is 0 Å². The van der Waals surface area contributed by atoms with E-state index in [0.29, 0.717) is 11.5 Å². The van der Waals surface area contributed by atoms with Crippen LogP contribution in [0.1, 0.15) is 46.8 Å². The number of carbonyl (C=O) groups excluding carboxylic acids is 1. The first-order valence-corrected chi connectivity index (χ1v) is 14.3. The van der Waals surface area contributed by atoms with Gasteiger partial charge in [0.15, 0.2) is 0 Å². The molecular weight excluding hydrogens is 518 g/mol. The van der Waals surface area contributed by atoms with E-state index in [1.807, 2.05) is 109 Å². The number of carboxylic acids is 1. The van der Waals surface area contributed by atoms with Crippen molar-refractivity contribution in [1.82, 2.24) is 4.90 Å². The Hall–Kier alpha value is -4.96. The lowest BCUT2D eigenvalue weighted by Gasteiger charge is -2.30. The fraction of sp³-hybridized carbons (Fsp3) is 0.158. The Labute approximate surface area is 247 Å². The van der Waals surface area contributed by atoms with E-state index in [1.165, 1.54) is 10.5 Å². The molecular formula is C38H35NO3. The maximum atomic E-state index is 14.0. The number of hydrogen-bond donors (Lipinski definition) is 1. The van der Waals surface area contributed by atoms with Gasteiger partial charge >= 0.3 is 5.97 Å². The molecule has 5 aromatic carbocycles. The highest BCUT2D eigenvalue weighted by atomic mass is 16.4. The summed E-state index contributed by atoms with van der Waals surface area (Å²) in [7, 11) is 0. The molecule has 1 atom stereocenters. The number of aliphatic carboxylic acids is 1. The van der Waals surface area contributed by atoms with Gasteiger partial charge in [-0.25, -0.2) is 4.79 Å². The Bertz CT molecular complexity index is 1610. The van der Waals surface area contributed by atoms with Gasteiger partial charge in [-0.15, -0.1) is 0 Å². The molecule has 0 spiro atoms. The smallest absolute Gasteiger partial charge is 0.326 e. The average molecular weight is 554 g/mol. The predicted molar refractivity (Wildman–Crippen MR) is 169 cm³/mol. The van der Waals surface area contributed by atoms with Gasteiger partial charge in [0, 0.05) is 18.5 Å². The van der Waals surface area contributed by atoms with Crippen LogP contribution in [0, 0.1) is 0 Å². The molecule has 5 rings (SSSR count). The lowest BCUT2D eigenvalue weighted by molar-refractivity contribution is -0.142. The summed E-state index contributed by atoms with van der Waals surface area (Å²) >= 11 is 0. The summed E-state index contributed by atoms with van der Waals surface area (Å²) in [5.74, 6) is -0.961. The van der Waals surface area contributed by atoms with Crippen LogP contribution in [0.5, 0.6) is 0 Å². The van der Waals surface area contributed by atoms with Gasteiger partial charge in [-0.1, -0.05) is 135 Å². The summed E-state index contributed by atoms with van der Waals surface area (Å²) in [6.45, 7) is 4.46. The average Bonchev–Trinajstić information content (AvgIpc) is 3.03. The topological polar surface area (TPSA) is 57.6 Å². The molecule has 5 aromatic rings. The van der Waals surface area contributed by atoms with E-state index < -0.39 is 12.0 Å². The molecule has 0 bridgehead atoms. The molecule has 42 heavy (non-hydrogen) atoms. The standard InChI is InChI=1S/C38H35NO3/c1-27(2)30-17-15-29(16-18-30)26-39(37(40)35-23-21-34(22-24-35)32-11-7-4-8-12-32)36(38(41)42)25-28-13-19-33(20-14-28)31-9-5-3-6-10-31/h3-24,27,36H,25-26H2,1-2H3,(H,41,42)/t36-/m1/s1. The molecule has 0 aliphatic rings. The molecule has 0 saturated carbocycles. The van der Waals surface area contributed by atoms with Crippen LogP contribution < -0.4 is 0 Å². The highest BCUT2D eigenvalue weighted by Crippen LogP contribution is 2.24. The minimum Gasteiger partial charge on any atom is -0.480 e. The largest absolute Gasteiger partial charge is 0.480 e. The molecule has 4 heteroatoms. The van der Waals surface area contributed by atoms with Gasteiger partial charge in [0.05, 0.1) is 0 Å². The SMILES string of the molecule is CC(C)c1ccc(CN(C(=O)c2ccc(-c3ccccc3)cc2)[C@H](Cc2ccc(-c3ccccc3)cc2)C(=O)O)cc1. The Morgan fingerprint density at radius 3 is 1.52 bits per heavy atom. The Morgan fingerprint density at radius 1 is 0.595 bits per heavy atom. The summed E-state index contributed by atoms with van der Waals surface area (Å²) in [6, 6.07) is 42.4. The maximum absolute atomic E-state index is 14.0. The minimum absolute atomic E-state index is 0.191. The number of nitrogens with zero attached hydrogens (tertiary/aromatic N) is 1. The lowest BCUT2D eigenvalue weighted by atomic mass is 9.98. The van der Waals surface area contributed by atoms with E-state index in [4.69, 9.17) is 0 Å². The van der Waals surface area contributed by atoms with Crippen LogP contribution in [0.25, 0.3) is 22.3 Å². The monoisotopic (exact) mass is 553 g/mol. The van der Waals surface area contributed by atoms with E-state index >= 15 is 0 Å². The van der Waals surface area contributed by atoms with E-state index in [1.54, 1.807) is 12.1 Å². The third-order valence-electron chi connectivity index (χ3n) is 7.65. The number of benzene rings is 5. The van der Waals surface area contributed by atoms with Crippen LogP contribution in [-0.2, 0) is 17.8 Å². The quantitative estimate of drug-likeness (QED) is 0.189. The highest BCUT2D eigenvalue weighted by Gasteiger charge is 2.31. The van der Waals surface area contributed by atoms with Gasteiger partial charge in [-0.2, -0.15) is 0 Å². The molecule has 210 valence electrons. The van der Waals surface area contributed by atoms with E-state index in [9.17, 15) is 14.7 Å².